The first kappa shape index (κ1) is 16.2. The number of nitrogens with zero attached hydrogens (tertiary/aromatic N) is 1. The number of urea groups is 1. The molecule has 1 heterocycles. The van der Waals surface area contributed by atoms with Gasteiger partial charge in [-0.25, -0.2) is 4.79 Å². The van der Waals surface area contributed by atoms with Crippen LogP contribution < -0.4 is 10.6 Å². The highest BCUT2D eigenvalue weighted by Crippen LogP contribution is 2.28. The molecular formula is C19H21N3O2. The van der Waals surface area contributed by atoms with Crippen LogP contribution in [0.2, 0.25) is 0 Å². The monoisotopic (exact) mass is 323 g/mol. The molecule has 0 fully saturated rings. The first-order valence-corrected chi connectivity index (χ1v) is 8.07. The highest BCUT2D eigenvalue weighted by Gasteiger charge is 2.30. The van der Waals surface area contributed by atoms with Crippen molar-refractivity contribution in [3.05, 3.63) is 71.3 Å². The Morgan fingerprint density at radius 2 is 1.67 bits per heavy atom. The van der Waals surface area contributed by atoms with Gasteiger partial charge >= 0.3 is 6.03 Å². The molecule has 2 aromatic rings. The number of hydrogen-bond acceptors (Lipinski definition) is 3. The molecule has 1 atom stereocenters. The summed E-state index contributed by atoms with van der Waals surface area (Å²) in [4.78, 5) is 26.4. The molecule has 0 radical (unpaired) electrons. The molecule has 5 nitrogen and oxygen atoms in total. The second kappa shape index (κ2) is 7.27. The SMILES string of the molecule is CNC(=O)NC(=O)[C@@H](c1ccccc1)N1CCc2ccccc2C1. The number of carbonyl (C=O) groups excluding carboxylic acids is 2. The van der Waals surface area contributed by atoms with Crippen molar-refractivity contribution in [1.29, 1.82) is 0 Å². The smallest absolute Gasteiger partial charge is 0.321 e. The topological polar surface area (TPSA) is 61.4 Å². The average molecular weight is 323 g/mol. The lowest BCUT2D eigenvalue weighted by atomic mass is 9.96. The van der Waals surface area contributed by atoms with E-state index in [-0.39, 0.29) is 5.91 Å². The van der Waals surface area contributed by atoms with Gasteiger partial charge in [-0.3, -0.25) is 15.0 Å². The fourth-order valence-corrected chi connectivity index (χ4v) is 3.14. The van der Waals surface area contributed by atoms with E-state index in [4.69, 9.17) is 0 Å². The number of amides is 3. The molecule has 0 aliphatic carbocycles. The maximum Gasteiger partial charge on any atom is 0.321 e. The van der Waals surface area contributed by atoms with E-state index in [1.165, 1.54) is 18.2 Å². The van der Waals surface area contributed by atoms with Crippen molar-refractivity contribution in [2.75, 3.05) is 13.6 Å². The second-order valence-corrected chi connectivity index (χ2v) is 5.87. The molecule has 2 N–H and O–H groups in total. The molecule has 5 heteroatoms. The summed E-state index contributed by atoms with van der Waals surface area (Å²) >= 11 is 0. The Balaban J connectivity index is 1.88. The van der Waals surface area contributed by atoms with Crippen LogP contribution in [0.25, 0.3) is 0 Å². The zero-order valence-corrected chi connectivity index (χ0v) is 13.7. The Kier molecular flexibility index (Phi) is 4.91. The Hall–Kier alpha value is -2.66. The zero-order valence-electron chi connectivity index (χ0n) is 13.7. The van der Waals surface area contributed by atoms with Gasteiger partial charge in [0.15, 0.2) is 0 Å². The van der Waals surface area contributed by atoms with E-state index >= 15 is 0 Å². The van der Waals surface area contributed by atoms with Gasteiger partial charge in [0.1, 0.15) is 6.04 Å². The number of benzene rings is 2. The molecule has 0 bridgehead atoms. The number of nitrogens with one attached hydrogen (secondary N) is 2. The molecule has 1 aliphatic rings. The molecule has 1 aliphatic heterocycles. The highest BCUT2D eigenvalue weighted by molar-refractivity contribution is 5.97. The Morgan fingerprint density at radius 1 is 1.00 bits per heavy atom. The standard InChI is InChI=1S/C19H21N3O2/c1-20-19(24)21-18(23)17(15-8-3-2-4-9-15)22-12-11-14-7-5-6-10-16(14)13-22/h2-10,17H,11-13H2,1H3,(H2,20,21,23,24)/t17-/m1/s1. The van der Waals surface area contributed by atoms with Crippen molar-refractivity contribution in [2.45, 2.75) is 19.0 Å². The van der Waals surface area contributed by atoms with Crippen molar-refractivity contribution in [3.8, 4) is 0 Å². The van der Waals surface area contributed by atoms with Crippen molar-refractivity contribution < 1.29 is 9.59 Å². The maximum atomic E-state index is 12.7. The summed E-state index contributed by atoms with van der Waals surface area (Å²) in [6.07, 6.45) is 0.896. The van der Waals surface area contributed by atoms with Crippen LogP contribution in [0.5, 0.6) is 0 Å². The highest BCUT2D eigenvalue weighted by atomic mass is 16.2. The largest absolute Gasteiger partial charge is 0.341 e. The van der Waals surface area contributed by atoms with Crippen LogP contribution >= 0.6 is 0 Å². The molecule has 24 heavy (non-hydrogen) atoms. The van der Waals surface area contributed by atoms with E-state index in [1.54, 1.807) is 0 Å². The molecule has 3 rings (SSSR count). The zero-order chi connectivity index (χ0) is 16.9. The molecule has 3 amide bonds. The summed E-state index contributed by atoms with van der Waals surface area (Å²) in [6.45, 7) is 1.47. The fraction of sp³-hybridized carbons (Fsp3) is 0.263. The van der Waals surface area contributed by atoms with Gasteiger partial charge in [0, 0.05) is 20.1 Å². The third-order valence-corrected chi connectivity index (χ3v) is 4.35. The van der Waals surface area contributed by atoms with Crippen molar-refractivity contribution in [1.82, 2.24) is 15.5 Å². The van der Waals surface area contributed by atoms with Crippen molar-refractivity contribution in [3.63, 3.8) is 0 Å². The molecule has 0 saturated heterocycles. The molecule has 124 valence electrons. The maximum absolute atomic E-state index is 12.7. The number of carbonyl (C=O) groups is 2. The predicted molar refractivity (Wildman–Crippen MR) is 92.3 cm³/mol. The van der Waals surface area contributed by atoms with Crippen LogP contribution in [-0.2, 0) is 17.8 Å². The summed E-state index contributed by atoms with van der Waals surface area (Å²) in [5.41, 5.74) is 3.45. The van der Waals surface area contributed by atoms with Crippen LogP contribution in [-0.4, -0.2) is 30.4 Å². The minimum absolute atomic E-state index is 0.306. The minimum atomic E-state index is -0.489. The van der Waals surface area contributed by atoms with E-state index in [2.05, 4.69) is 27.7 Å². The molecule has 0 saturated carbocycles. The van der Waals surface area contributed by atoms with Gasteiger partial charge in [-0.05, 0) is 23.1 Å². The third-order valence-electron chi connectivity index (χ3n) is 4.35. The summed E-state index contributed by atoms with van der Waals surface area (Å²) in [6, 6.07) is 16.9. The Labute approximate surface area is 141 Å². The van der Waals surface area contributed by atoms with Crippen molar-refractivity contribution in [2.24, 2.45) is 0 Å². The predicted octanol–water partition coefficient (Wildman–Crippen LogP) is 2.24. The normalized spacial score (nSPS) is 15.2. The van der Waals surface area contributed by atoms with Gasteiger partial charge in [-0.1, -0.05) is 54.6 Å². The van der Waals surface area contributed by atoms with E-state index in [1.807, 2.05) is 42.5 Å². The average Bonchev–Trinajstić information content (AvgIpc) is 2.62. The Morgan fingerprint density at radius 3 is 2.38 bits per heavy atom. The van der Waals surface area contributed by atoms with Gasteiger partial charge in [-0.2, -0.15) is 0 Å². The lowest BCUT2D eigenvalue weighted by Gasteiger charge is -2.34. The summed E-state index contributed by atoms with van der Waals surface area (Å²) in [7, 11) is 1.50. The van der Waals surface area contributed by atoms with Crippen LogP contribution in [0.1, 0.15) is 22.7 Å². The third kappa shape index (κ3) is 3.46. The van der Waals surface area contributed by atoms with Gasteiger partial charge in [-0.15, -0.1) is 0 Å². The van der Waals surface area contributed by atoms with Gasteiger partial charge in [0.2, 0.25) is 5.91 Å². The Bertz CT molecular complexity index is 730. The summed E-state index contributed by atoms with van der Waals surface area (Å²) < 4.78 is 0. The number of hydrogen-bond donors (Lipinski definition) is 2. The molecule has 2 aromatic carbocycles. The first-order chi connectivity index (χ1) is 11.7. The van der Waals surface area contributed by atoms with Gasteiger partial charge < -0.3 is 5.32 Å². The van der Waals surface area contributed by atoms with E-state index < -0.39 is 12.1 Å². The lowest BCUT2D eigenvalue weighted by molar-refractivity contribution is -0.126. The van der Waals surface area contributed by atoms with E-state index in [0.717, 1.165) is 18.5 Å². The number of fused-ring (bicyclic) bond motifs is 1. The number of rotatable bonds is 3. The molecule has 0 spiro atoms. The first-order valence-electron chi connectivity index (χ1n) is 8.07. The number of imide groups is 1. The quantitative estimate of drug-likeness (QED) is 0.911. The fourth-order valence-electron chi connectivity index (χ4n) is 3.14. The summed E-state index contributed by atoms with van der Waals surface area (Å²) in [5, 5.41) is 4.85. The van der Waals surface area contributed by atoms with Crippen LogP contribution in [0.15, 0.2) is 54.6 Å². The minimum Gasteiger partial charge on any atom is -0.341 e. The van der Waals surface area contributed by atoms with E-state index in [9.17, 15) is 9.59 Å². The van der Waals surface area contributed by atoms with Crippen LogP contribution in [0.3, 0.4) is 0 Å². The molecule has 0 aromatic heterocycles. The molecule has 0 unspecified atom stereocenters. The summed E-state index contributed by atoms with van der Waals surface area (Å²) in [5.74, 6) is -0.306. The molecular weight excluding hydrogens is 302 g/mol. The van der Waals surface area contributed by atoms with Gasteiger partial charge in [0.25, 0.3) is 0 Å². The van der Waals surface area contributed by atoms with Crippen LogP contribution in [0.4, 0.5) is 4.79 Å². The van der Waals surface area contributed by atoms with Crippen molar-refractivity contribution >= 4 is 11.9 Å². The van der Waals surface area contributed by atoms with Gasteiger partial charge in [0.05, 0.1) is 0 Å². The second-order valence-electron chi connectivity index (χ2n) is 5.87. The lowest BCUT2D eigenvalue weighted by Crippen LogP contribution is -2.46. The van der Waals surface area contributed by atoms with Crippen LogP contribution in [0, 0.1) is 0 Å². The van der Waals surface area contributed by atoms with E-state index in [0.29, 0.717) is 6.54 Å².